The highest BCUT2D eigenvalue weighted by atomic mass is 16.5. The Hall–Kier alpha value is -1.64. The van der Waals surface area contributed by atoms with Crippen molar-refractivity contribution in [3.63, 3.8) is 0 Å². The lowest BCUT2D eigenvalue weighted by Crippen LogP contribution is -1.78. The molecule has 0 radical (unpaired) electrons. The fourth-order valence-electron chi connectivity index (χ4n) is 0.894. The Morgan fingerprint density at radius 2 is 2.20 bits per heavy atom. The fourth-order valence-corrected chi connectivity index (χ4v) is 0.894. The zero-order valence-corrected chi connectivity index (χ0v) is 9.82. The molecule has 0 saturated carbocycles. The van der Waals surface area contributed by atoms with Gasteiger partial charge in [0, 0.05) is 6.07 Å². The summed E-state index contributed by atoms with van der Waals surface area (Å²) < 4.78 is 4.92. The molecule has 1 aromatic rings. The molecule has 0 spiro atoms. The van der Waals surface area contributed by atoms with Crippen molar-refractivity contribution in [2.24, 2.45) is 4.99 Å². The van der Waals surface area contributed by atoms with E-state index in [0.717, 1.165) is 11.5 Å². The summed E-state index contributed by atoms with van der Waals surface area (Å²) in [4.78, 5) is 3.85. The van der Waals surface area contributed by atoms with E-state index in [-0.39, 0.29) is 0 Å². The van der Waals surface area contributed by atoms with Crippen LogP contribution in [0.25, 0.3) is 5.70 Å². The van der Waals surface area contributed by atoms with Crippen molar-refractivity contribution < 1.29 is 4.52 Å². The van der Waals surface area contributed by atoms with Crippen molar-refractivity contribution in [1.82, 2.24) is 5.16 Å². The van der Waals surface area contributed by atoms with Crippen LogP contribution in [0.3, 0.4) is 0 Å². The molecule has 0 fully saturated rings. The monoisotopic (exact) mass is 206 g/mol. The maximum absolute atomic E-state index is 4.92. The molecule has 3 heteroatoms. The fraction of sp³-hybridized carbons (Fsp3) is 0.333. The minimum atomic E-state index is 0.714. The molecule has 0 bridgehead atoms. The number of hydrogen-bond donors (Lipinski definition) is 0. The average molecular weight is 206 g/mol. The molecule has 15 heavy (non-hydrogen) atoms. The van der Waals surface area contributed by atoms with Gasteiger partial charge in [0.15, 0.2) is 0 Å². The van der Waals surface area contributed by atoms with Crippen LogP contribution in [0.4, 0.5) is 0 Å². The van der Waals surface area contributed by atoms with Crippen molar-refractivity contribution in [2.75, 3.05) is 0 Å². The lowest BCUT2D eigenvalue weighted by atomic mass is 10.3. The summed E-state index contributed by atoms with van der Waals surface area (Å²) in [6.07, 6.45) is 5.64. The molecule has 0 aromatic carbocycles. The zero-order chi connectivity index (χ0) is 11.7. The Kier molecular flexibility index (Phi) is 6.89. The van der Waals surface area contributed by atoms with Gasteiger partial charge in [0.25, 0.3) is 0 Å². The van der Waals surface area contributed by atoms with E-state index in [1.54, 1.807) is 0 Å². The van der Waals surface area contributed by atoms with Gasteiger partial charge in [-0.1, -0.05) is 31.2 Å². The van der Waals surface area contributed by atoms with E-state index in [1.807, 2.05) is 52.0 Å². The molecular weight excluding hydrogens is 188 g/mol. The number of hydrogen-bond acceptors (Lipinski definition) is 3. The summed E-state index contributed by atoms with van der Waals surface area (Å²) in [6.45, 7) is 11.2. The molecule has 0 aliphatic carbocycles. The first-order valence-corrected chi connectivity index (χ1v) is 5.01. The van der Waals surface area contributed by atoms with Gasteiger partial charge in [-0.05, 0) is 26.6 Å². The third-order valence-corrected chi connectivity index (χ3v) is 1.51. The van der Waals surface area contributed by atoms with Gasteiger partial charge in [-0.25, -0.2) is 0 Å². The first-order chi connectivity index (χ1) is 7.27. The molecule has 1 aromatic heterocycles. The van der Waals surface area contributed by atoms with Crippen molar-refractivity contribution in [2.45, 2.75) is 27.7 Å². The van der Waals surface area contributed by atoms with E-state index in [0.29, 0.717) is 5.69 Å². The normalized spacial score (nSPS) is 11.1. The van der Waals surface area contributed by atoms with E-state index >= 15 is 0 Å². The molecule has 1 heterocycles. The summed E-state index contributed by atoms with van der Waals surface area (Å²) >= 11 is 0. The SMILES string of the molecule is C=N/C(=C\C=C/C)c1cc(C)on1.CC. The Labute approximate surface area is 91.2 Å². The summed E-state index contributed by atoms with van der Waals surface area (Å²) in [5, 5.41) is 3.83. The van der Waals surface area contributed by atoms with Crippen LogP contribution in [0.2, 0.25) is 0 Å². The predicted octanol–water partition coefficient (Wildman–Crippen LogP) is 3.63. The topological polar surface area (TPSA) is 38.4 Å². The van der Waals surface area contributed by atoms with E-state index in [9.17, 15) is 0 Å². The van der Waals surface area contributed by atoms with Crippen LogP contribution in [0, 0.1) is 6.92 Å². The van der Waals surface area contributed by atoms with Crippen LogP contribution in [-0.2, 0) is 0 Å². The summed E-state index contributed by atoms with van der Waals surface area (Å²) in [5.41, 5.74) is 1.43. The maximum Gasteiger partial charge on any atom is 0.134 e. The summed E-state index contributed by atoms with van der Waals surface area (Å²) in [5.74, 6) is 0.769. The van der Waals surface area contributed by atoms with E-state index in [1.165, 1.54) is 0 Å². The Morgan fingerprint density at radius 3 is 2.60 bits per heavy atom. The zero-order valence-electron chi connectivity index (χ0n) is 9.82. The molecule has 0 saturated heterocycles. The highest BCUT2D eigenvalue weighted by molar-refractivity contribution is 5.66. The van der Waals surface area contributed by atoms with Crippen LogP contribution in [0.1, 0.15) is 32.2 Å². The number of rotatable bonds is 3. The van der Waals surface area contributed by atoms with Gasteiger partial charge in [0.1, 0.15) is 11.5 Å². The maximum atomic E-state index is 4.92. The van der Waals surface area contributed by atoms with Gasteiger partial charge in [-0.3, -0.25) is 4.99 Å². The Balaban J connectivity index is 0.000000921. The van der Waals surface area contributed by atoms with E-state index in [2.05, 4.69) is 16.9 Å². The number of nitrogens with zero attached hydrogens (tertiary/aromatic N) is 2. The highest BCUT2D eigenvalue weighted by Gasteiger charge is 2.03. The second-order valence-corrected chi connectivity index (χ2v) is 2.56. The van der Waals surface area contributed by atoms with E-state index in [4.69, 9.17) is 4.52 Å². The molecule has 0 atom stereocenters. The smallest absolute Gasteiger partial charge is 0.134 e. The lowest BCUT2D eigenvalue weighted by molar-refractivity contribution is 0.395. The standard InChI is InChI=1S/C10H12N2O.C2H6/c1-4-5-6-9(11-3)10-7-8(2)13-12-10;1-2/h4-7H,3H2,1-2H3;1-2H3/b5-4-,9-6-;. The third kappa shape index (κ3) is 4.40. The third-order valence-electron chi connectivity index (χ3n) is 1.51. The molecule has 1 rings (SSSR count). The van der Waals surface area contributed by atoms with Crippen molar-refractivity contribution in [1.29, 1.82) is 0 Å². The van der Waals surface area contributed by atoms with Crippen LogP contribution < -0.4 is 0 Å². The molecule has 0 aliphatic rings. The van der Waals surface area contributed by atoms with Gasteiger partial charge in [-0.2, -0.15) is 0 Å². The highest BCUT2D eigenvalue weighted by Crippen LogP contribution is 2.14. The van der Waals surface area contributed by atoms with Gasteiger partial charge in [-0.15, -0.1) is 0 Å². The van der Waals surface area contributed by atoms with Crippen LogP contribution >= 0.6 is 0 Å². The van der Waals surface area contributed by atoms with Gasteiger partial charge in [0.05, 0.1) is 5.70 Å². The molecule has 0 aliphatic heterocycles. The van der Waals surface area contributed by atoms with Crippen LogP contribution in [-0.4, -0.2) is 11.9 Å². The molecular formula is C12H18N2O. The molecule has 0 N–H and O–H groups in total. The second-order valence-electron chi connectivity index (χ2n) is 2.56. The number of allylic oxidation sites excluding steroid dienone is 3. The molecule has 82 valence electrons. The quantitative estimate of drug-likeness (QED) is 0.559. The van der Waals surface area contributed by atoms with Gasteiger partial charge < -0.3 is 4.52 Å². The first-order valence-electron chi connectivity index (χ1n) is 5.01. The predicted molar refractivity (Wildman–Crippen MR) is 64.9 cm³/mol. The average Bonchev–Trinajstić information content (AvgIpc) is 2.69. The summed E-state index contributed by atoms with van der Waals surface area (Å²) in [6, 6.07) is 1.82. The molecule has 0 unspecified atom stereocenters. The Morgan fingerprint density at radius 1 is 1.53 bits per heavy atom. The van der Waals surface area contributed by atoms with Crippen molar-refractivity contribution in [3.8, 4) is 0 Å². The van der Waals surface area contributed by atoms with E-state index < -0.39 is 0 Å². The summed E-state index contributed by atoms with van der Waals surface area (Å²) in [7, 11) is 0. The number of aromatic nitrogens is 1. The lowest BCUT2D eigenvalue weighted by Gasteiger charge is -1.90. The number of aliphatic imine (C=N–C) groups is 1. The van der Waals surface area contributed by atoms with Gasteiger partial charge in [0.2, 0.25) is 0 Å². The van der Waals surface area contributed by atoms with Crippen LogP contribution in [0.15, 0.2) is 33.8 Å². The first kappa shape index (κ1) is 13.4. The largest absolute Gasteiger partial charge is 0.361 e. The van der Waals surface area contributed by atoms with Crippen molar-refractivity contribution in [3.05, 3.63) is 35.7 Å². The minimum absolute atomic E-state index is 0.714. The minimum Gasteiger partial charge on any atom is -0.361 e. The number of aryl methyl sites for hydroxylation is 1. The molecule has 3 nitrogen and oxygen atoms in total. The Bertz CT molecular complexity index is 348. The van der Waals surface area contributed by atoms with Gasteiger partial charge >= 0.3 is 0 Å². The second kappa shape index (κ2) is 7.74. The van der Waals surface area contributed by atoms with Crippen molar-refractivity contribution >= 4 is 12.4 Å². The van der Waals surface area contributed by atoms with Crippen LogP contribution in [0.5, 0.6) is 0 Å². The molecule has 0 amide bonds.